The van der Waals surface area contributed by atoms with Crippen LogP contribution in [0, 0.1) is 5.41 Å². The lowest BCUT2D eigenvalue weighted by Gasteiger charge is -2.17. The van der Waals surface area contributed by atoms with Crippen LogP contribution >= 0.6 is 11.3 Å². The Balaban J connectivity index is 2.38. The van der Waals surface area contributed by atoms with E-state index in [1.807, 2.05) is 20.8 Å². The Morgan fingerprint density at radius 3 is 2.37 bits per heavy atom. The molecule has 0 spiro atoms. The maximum absolute atomic E-state index is 12.1. The monoisotopic (exact) mass is 279 g/mol. The number of rotatable bonds is 2. The summed E-state index contributed by atoms with van der Waals surface area (Å²) >= 11 is 1.58. The van der Waals surface area contributed by atoms with Crippen LogP contribution in [0.3, 0.4) is 0 Å². The van der Waals surface area contributed by atoms with Crippen LogP contribution in [0.15, 0.2) is 0 Å². The zero-order valence-corrected chi connectivity index (χ0v) is 12.9. The third kappa shape index (κ3) is 2.89. The summed E-state index contributed by atoms with van der Waals surface area (Å²) in [6.45, 7) is 7.22. The number of fused-ring (bicyclic) bond motifs is 1. The molecule has 0 aromatic carbocycles. The third-order valence-electron chi connectivity index (χ3n) is 3.43. The molecular formula is C15H21NO2S. The number of thiophene rings is 1. The summed E-state index contributed by atoms with van der Waals surface area (Å²) < 4.78 is 0. The first kappa shape index (κ1) is 14.3. The lowest BCUT2D eigenvalue weighted by molar-refractivity contribution is -0.123. The molecule has 0 fully saturated rings. The Labute approximate surface area is 118 Å². The predicted molar refractivity (Wildman–Crippen MR) is 79.1 cm³/mol. The molecule has 1 aromatic rings. The summed E-state index contributed by atoms with van der Waals surface area (Å²) in [5.74, 6) is 0.0252. The number of Topliss-reactive ketones (excluding diaryl/α,β-unsaturated/α-hetero) is 1. The van der Waals surface area contributed by atoms with Crippen molar-refractivity contribution in [3.05, 3.63) is 16.0 Å². The number of anilines is 1. The molecule has 1 heterocycles. The molecule has 1 aliphatic carbocycles. The molecule has 0 saturated carbocycles. The van der Waals surface area contributed by atoms with Gasteiger partial charge in [-0.1, -0.05) is 20.8 Å². The number of aryl methyl sites for hydroxylation is 1. The molecule has 0 aliphatic heterocycles. The summed E-state index contributed by atoms with van der Waals surface area (Å²) in [6, 6.07) is 0. The van der Waals surface area contributed by atoms with Gasteiger partial charge in [-0.05, 0) is 38.2 Å². The fraction of sp³-hybridized carbons (Fsp3) is 0.600. The van der Waals surface area contributed by atoms with E-state index in [1.54, 1.807) is 18.3 Å². The number of hydrogen-bond acceptors (Lipinski definition) is 3. The molecule has 0 bridgehead atoms. The van der Waals surface area contributed by atoms with Crippen molar-refractivity contribution in [3.8, 4) is 0 Å². The third-order valence-corrected chi connectivity index (χ3v) is 4.64. The van der Waals surface area contributed by atoms with Crippen LogP contribution in [0.1, 0.15) is 61.3 Å². The Hall–Kier alpha value is -1.16. The minimum absolute atomic E-state index is 0.0337. The fourth-order valence-corrected chi connectivity index (χ4v) is 3.65. The van der Waals surface area contributed by atoms with Gasteiger partial charge in [-0.2, -0.15) is 0 Å². The molecule has 2 rings (SSSR count). The van der Waals surface area contributed by atoms with Crippen LogP contribution < -0.4 is 5.32 Å². The van der Waals surface area contributed by atoms with Crippen molar-refractivity contribution in [1.82, 2.24) is 0 Å². The van der Waals surface area contributed by atoms with E-state index in [0.29, 0.717) is 0 Å². The minimum atomic E-state index is -0.446. The van der Waals surface area contributed by atoms with Gasteiger partial charge in [0, 0.05) is 10.3 Å². The van der Waals surface area contributed by atoms with Crippen LogP contribution in [-0.4, -0.2) is 11.7 Å². The van der Waals surface area contributed by atoms with Crippen molar-refractivity contribution >= 4 is 28.0 Å². The van der Waals surface area contributed by atoms with Crippen LogP contribution in [0.5, 0.6) is 0 Å². The minimum Gasteiger partial charge on any atom is -0.317 e. The fourth-order valence-electron chi connectivity index (χ4n) is 2.32. The van der Waals surface area contributed by atoms with E-state index in [-0.39, 0.29) is 11.7 Å². The van der Waals surface area contributed by atoms with E-state index in [1.165, 1.54) is 16.9 Å². The van der Waals surface area contributed by atoms with Crippen LogP contribution in [0.25, 0.3) is 0 Å². The van der Waals surface area contributed by atoms with E-state index in [0.717, 1.165) is 29.8 Å². The number of hydrogen-bond donors (Lipinski definition) is 1. The second-order valence-corrected chi connectivity index (χ2v) is 7.28. The molecule has 1 amide bonds. The van der Waals surface area contributed by atoms with Gasteiger partial charge in [0.05, 0.1) is 5.56 Å². The number of amides is 1. The number of carbonyl (C=O) groups is 2. The lowest BCUT2D eigenvalue weighted by atomic mass is 9.93. The Morgan fingerprint density at radius 1 is 1.16 bits per heavy atom. The smallest absolute Gasteiger partial charge is 0.230 e. The summed E-state index contributed by atoms with van der Waals surface area (Å²) in [5.41, 5.74) is 1.48. The van der Waals surface area contributed by atoms with E-state index >= 15 is 0 Å². The molecule has 4 heteroatoms. The topological polar surface area (TPSA) is 46.2 Å². The largest absolute Gasteiger partial charge is 0.317 e. The highest BCUT2D eigenvalue weighted by molar-refractivity contribution is 7.17. The van der Waals surface area contributed by atoms with Gasteiger partial charge in [0.15, 0.2) is 5.78 Å². The molecule has 0 radical (unpaired) electrons. The second-order valence-electron chi connectivity index (χ2n) is 6.18. The van der Waals surface area contributed by atoms with Crippen molar-refractivity contribution in [2.45, 2.75) is 53.4 Å². The summed E-state index contributed by atoms with van der Waals surface area (Å²) in [7, 11) is 0. The van der Waals surface area contributed by atoms with Crippen LogP contribution in [0.4, 0.5) is 5.00 Å². The highest BCUT2D eigenvalue weighted by atomic mass is 32.1. The van der Waals surface area contributed by atoms with Crippen molar-refractivity contribution in [1.29, 1.82) is 0 Å². The zero-order chi connectivity index (χ0) is 14.2. The maximum Gasteiger partial charge on any atom is 0.230 e. The lowest BCUT2D eigenvalue weighted by Crippen LogP contribution is -2.27. The summed E-state index contributed by atoms with van der Waals surface area (Å²) in [5, 5.41) is 3.70. The average molecular weight is 279 g/mol. The van der Waals surface area contributed by atoms with E-state index in [2.05, 4.69) is 5.32 Å². The van der Waals surface area contributed by atoms with Gasteiger partial charge in [-0.3, -0.25) is 9.59 Å². The molecule has 1 aromatic heterocycles. The van der Waals surface area contributed by atoms with E-state index < -0.39 is 5.41 Å². The molecule has 0 atom stereocenters. The quantitative estimate of drug-likeness (QED) is 0.837. The van der Waals surface area contributed by atoms with Gasteiger partial charge in [-0.25, -0.2) is 0 Å². The first-order chi connectivity index (χ1) is 8.80. The SMILES string of the molecule is CC(=O)c1c(NC(=O)C(C)(C)C)sc2c1CCCC2. The second kappa shape index (κ2) is 5.08. The number of carbonyl (C=O) groups excluding carboxylic acids is 2. The van der Waals surface area contributed by atoms with Gasteiger partial charge in [0.1, 0.15) is 5.00 Å². The van der Waals surface area contributed by atoms with Crippen molar-refractivity contribution < 1.29 is 9.59 Å². The summed E-state index contributed by atoms with van der Waals surface area (Å²) in [6.07, 6.45) is 4.31. The molecule has 104 valence electrons. The Bertz CT molecular complexity index is 523. The zero-order valence-electron chi connectivity index (χ0n) is 12.1. The van der Waals surface area contributed by atoms with Crippen molar-refractivity contribution in [3.63, 3.8) is 0 Å². The molecule has 1 aliphatic rings. The molecule has 0 unspecified atom stereocenters. The number of nitrogens with one attached hydrogen (secondary N) is 1. The standard InChI is InChI=1S/C15H21NO2S/c1-9(17)12-10-7-5-6-8-11(10)19-13(12)16-14(18)15(2,3)4/h5-8H2,1-4H3,(H,16,18). The van der Waals surface area contributed by atoms with E-state index in [9.17, 15) is 9.59 Å². The highest BCUT2D eigenvalue weighted by Gasteiger charge is 2.27. The van der Waals surface area contributed by atoms with Gasteiger partial charge >= 0.3 is 0 Å². The van der Waals surface area contributed by atoms with Crippen molar-refractivity contribution in [2.75, 3.05) is 5.32 Å². The molecule has 19 heavy (non-hydrogen) atoms. The molecule has 1 N–H and O–H groups in total. The normalized spacial score (nSPS) is 14.9. The van der Waals surface area contributed by atoms with Gasteiger partial charge < -0.3 is 5.32 Å². The Morgan fingerprint density at radius 2 is 1.79 bits per heavy atom. The summed E-state index contributed by atoms with van der Waals surface area (Å²) in [4.78, 5) is 25.3. The Kier molecular flexibility index (Phi) is 3.81. The van der Waals surface area contributed by atoms with Gasteiger partial charge in [0.2, 0.25) is 5.91 Å². The van der Waals surface area contributed by atoms with Gasteiger partial charge in [0.25, 0.3) is 0 Å². The van der Waals surface area contributed by atoms with Gasteiger partial charge in [-0.15, -0.1) is 11.3 Å². The molecular weight excluding hydrogens is 258 g/mol. The van der Waals surface area contributed by atoms with Crippen molar-refractivity contribution in [2.24, 2.45) is 5.41 Å². The predicted octanol–water partition coefficient (Wildman–Crippen LogP) is 3.81. The first-order valence-electron chi connectivity index (χ1n) is 6.77. The number of ketones is 1. The maximum atomic E-state index is 12.1. The molecule has 0 saturated heterocycles. The van der Waals surface area contributed by atoms with Crippen LogP contribution in [0.2, 0.25) is 0 Å². The first-order valence-corrected chi connectivity index (χ1v) is 7.59. The van der Waals surface area contributed by atoms with E-state index in [4.69, 9.17) is 0 Å². The molecule has 3 nitrogen and oxygen atoms in total. The average Bonchev–Trinajstić information content (AvgIpc) is 2.65. The van der Waals surface area contributed by atoms with Crippen LogP contribution in [-0.2, 0) is 17.6 Å². The highest BCUT2D eigenvalue weighted by Crippen LogP contribution is 2.38.